The Morgan fingerprint density at radius 2 is 2.23 bits per heavy atom. The molecule has 0 fully saturated rings. The third kappa shape index (κ3) is 4.16. The van der Waals surface area contributed by atoms with Crippen LogP contribution in [0.4, 0.5) is 8.78 Å². The number of hydrogen-bond acceptors (Lipinski definition) is 3. The predicted octanol–water partition coefficient (Wildman–Crippen LogP) is 2.64. The van der Waals surface area contributed by atoms with Crippen molar-refractivity contribution in [2.45, 2.75) is 38.8 Å². The maximum Gasteiger partial charge on any atom is 0.387 e. The minimum absolute atomic E-state index is 0.0000990. The van der Waals surface area contributed by atoms with Gasteiger partial charge in [0, 0.05) is 12.5 Å². The molecule has 0 radical (unpaired) electrons. The maximum atomic E-state index is 12.3. The molecule has 122 valence electrons. The fourth-order valence-corrected chi connectivity index (χ4v) is 2.83. The van der Waals surface area contributed by atoms with E-state index in [-0.39, 0.29) is 23.6 Å². The standard InChI is InChI=1S/C16H22F2N2O2/c1-10(9-19-2)15(21)20-14-5-3-4-11-8-12(22-16(17)18)6-7-13(11)14/h6-8,10,14,16,19H,3-5,9H2,1-2H3,(H,20,21). The van der Waals surface area contributed by atoms with Crippen LogP contribution in [0, 0.1) is 5.92 Å². The summed E-state index contributed by atoms with van der Waals surface area (Å²) in [6.07, 6.45) is 2.59. The Balaban J connectivity index is 2.10. The molecule has 1 aromatic carbocycles. The van der Waals surface area contributed by atoms with Crippen LogP contribution in [0.15, 0.2) is 18.2 Å². The summed E-state index contributed by atoms with van der Waals surface area (Å²) in [5.41, 5.74) is 1.97. The van der Waals surface area contributed by atoms with E-state index in [4.69, 9.17) is 0 Å². The second-order valence-electron chi connectivity index (χ2n) is 5.65. The van der Waals surface area contributed by atoms with Crippen molar-refractivity contribution in [1.29, 1.82) is 0 Å². The molecule has 1 aliphatic rings. The van der Waals surface area contributed by atoms with Crippen LogP contribution < -0.4 is 15.4 Å². The third-order valence-corrected chi connectivity index (χ3v) is 3.93. The highest BCUT2D eigenvalue weighted by Crippen LogP contribution is 2.32. The second-order valence-corrected chi connectivity index (χ2v) is 5.65. The number of hydrogen-bond donors (Lipinski definition) is 2. The highest BCUT2D eigenvalue weighted by Gasteiger charge is 2.24. The van der Waals surface area contributed by atoms with E-state index in [0.717, 1.165) is 30.4 Å². The van der Waals surface area contributed by atoms with Crippen LogP contribution in [0.25, 0.3) is 0 Å². The predicted molar refractivity (Wildman–Crippen MR) is 80.0 cm³/mol. The van der Waals surface area contributed by atoms with Crippen LogP contribution in [0.3, 0.4) is 0 Å². The largest absolute Gasteiger partial charge is 0.435 e. The first-order valence-electron chi connectivity index (χ1n) is 7.54. The molecule has 2 unspecified atom stereocenters. The molecule has 2 N–H and O–H groups in total. The molecular weight excluding hydrogens is 290 g/mol. The zero-order valence-corrected chi connectivity index (χ0v) is 12.9. The molecule has 0 saturated carbocycles. The molecule has 0 spiro atoms. The fourth-order valence-electron chi connectivity index (χ4n) is 2.83. The highest BCUT2D eigenvalue weighted by atomic mass is 19.3. The van der Waals surface area contributed by atoms with Crippen molar-refractivity contribution >= 4 is 5.91 Å². The summed E-state index contributed by atoms with van der Waals surface area (Å²) in [6, 6.07) is 4.90. The number of carbonyl (C=O) groups is 1. The molecule has 4 nitrogen and oxygen atoms in total. The molecule has 1 aromatic rings. The van der Waals surface area contributed by atoms with Gasteiger partial charge in [-0.1, -0.05) is 13.0 Å². The van der Waals surface area contributed by atoms with Crippen molar-refractivity contribution in [3.63, 3.8) is 0 Å². The lowest BCUT2D eigenvalue weighted by Gasteiger charge is -2.28. The van der Waals surface area contributed by atoms with Crippen LogP contribution in [-0.4, -0.2) is 26.1 Å². The van der Waals surface area contributed by atoms with Gasteiger partial charge < -0.3 is 15.4 Å². The van der Waals surface area contributed by atoms with Crippen LogP contribution >= 0.6 is 0 Å². The first-order valence-corrected chi connectivity index (χ1v) is 7.54. The summed E-state index contributed by atoms with van der Waals surface area (Å²) in [4.78, 5) is 12.1. The fraction of sp³-hybridized carbons (Fsp3) is 0.562. The maximum absolute atomic E-state index is 12.3. The number of carbonyl (C=O) groups excluding carboxylic acids is 1. The van der Waals surface area contributed by atoms with Gasteiger partial charge in [-0.3, -0.25) is 4.79 Å². The Morgan fingerprint density at radius 1 is 1.45 bits per heavy atom. The van der Waals surface area contributed by atoms with Crippen molar-refractivity contribution < 1.29 is 18.3 Å². The van der Waals surface area contributed by atoms with E-state index in [1.54, 1.807) is 12.1 Å². The molecular formula is C16H22F2N2O2. The second kappa shape index (κ2) is 7.54. The number of ether oxygens (including phenoxy) is 1. The monoisotopic (exact) mass is 312 g/mol. The van der Waals surface area contributed by atoms with Gasteiger partial charge in [0.25, 0.3) is 0 Å². The number of rotatable bonds is 6. The van der Waals surface area contributed by atoms with Gasteiger partial charge in [-0.2, -0.15) is 8.78 Å². The van der Waals surface area contributed by atoms with Gasteiger partial charge in [0.05, 0.1) is 6.04 Å². The van der Waals surface area contributed by atoms with Crippen LogP contribution in [0.1, 0.15) is 36.9 Å². The van der Waals surface area contributed by atoms with Gasteiger partial charge in [0.1, 0.15) is 5.75 Å². The van der Waals surface area contributed by atoms with E-state index < -0.39 is 6.61 Å². The molecule has 1 amide bonds. The zero-order valence-electron chi connectivity index (χ0n) is 12.9. The number of amides is 1. The van der Waals surface area contributed by atoms with Gasteiger partial charge >= 0.3 is 6.61 Å². The average Bonchev–Trinajstić information content (AvgIpc) is 2.46. The number of nitrogens with one attached hydrogen (secondary N) is 2. The zero-order chi connectivity index (χ0) is 16.1. The molecule has 0 aromatic heterocycles. The van der Waals surface area contributed by atoms with Crippen molar-refractivity contribution in [3.05, 3.63) is 29.3 Å². The van der Waals surface area contributed by atoms with Crippen LogP contribution in [-0.2, 0) is 11.2 Å². The first kappa shape index (κ1) is 16.7. The van der Waals surface area contributed by atoms with Crippen LogP contribution in [0.5, 0.6) is 5.75 Å². The molecule has 0 heterocycles. The lowest BCUT2D eigenvalue weighted by atomic mass is 9.87. The van der Waals surface area contributed by atoms with E-state index in [0.29, 0.717) is 6.54 Å². The van der Waals surface area contributed by atoms with E-state index >= 15 is 0 Å². The molecule has 0 bridgehead atoms. The van der Waals surface area contributed by atoms with Crippen molar-refractivity contribution in [3.8, 4) is 5.75 Å². The quantitative estimate of drug-likeness (QED) is 0.849. The Bertz CT molecular complexity index is 523. The number of alkyl halides is 2. The third-order valence-electron chi connectivity index (χ3n) is 3.93. The topological polar surface area (TPSA) is 50.4 Å². The van der Waals surface area contributed by atoms with Crippen molar-refractivity contribution in [1.82, 2.24) is 10.6 Å². The van der Waals surface area contributed by atoms with E-state index in [1.165, 1.54) is 6.07 Å². The van der Waals surface area contributed by atoms with Gasteiger partial charge in [0.2, 0.25) is 5.91 Å². The molecule has 0 aliphatic heterocycles. The van der Waals surface area contributed by atoms with E-state index in [9.17, 15) is 13.6 Å². The SMILES string of the molecule is CNCC(C)C(=O)NC1CCCc2cc(OC(F)F)ccc21. The summed E-state index contributed by atoms with van der Waals surface area (Å²) in [6.45, 7) is -0.332. The molecule has 2 atom stereocenters. The molecule has 2 rings (SSSR count). The molecule has 22 heavy (non-hydrogen) atoms. The number of halogens is 2. The Labute approximate surface area is 129 Å². The summed E-state index contributed by atoms with van der Waals surface area (Å²) < 4.78 is 29.0. The molecule has 0 saturated heterocycles. The van der Waals surface area contributed by atoms with E-state index in [1.807, 2.05) is 14.0 Å². The Hall–Kier alpha value is -1.69. The summed E-state index contributed by atoms with van der Waals surface area (Å²) in [5, 5.41) is 6.03. The van der Waals surface area contributed by atoms with Crippen molar-refractivity contribution in [2.24, 2.45) is 5.92 Å². The van der Waals surface area contributed by atoms with Crippen LogP contribution in [0.2, 0.25) is 0 Å². The molecule has 1 aliphatic carbocycles. The van der Waals surface area contributed by atoms with Gasteiger partial charge in [-0.15, -0.1) is 0 Å². The number of fused-ring (bicyclic) bond motifs is 1. The summed E-state index contributed by atoms with van der Waals surface area (Å²) >= 11 is 0. The lowest BCUT2D eigenvalue weighted by molar-refractivity contribution is -0.125. The summed E-state index contributed by atoms with van der Waals surface area (Å²) in [5.74, 6) is 0.0567. The first-order chi connectivity index (χ1) is 10.5. The van der Waals surface area contributed by atoms with Gasteiger partial charge in [-0.05, 0) is 49.6 Å². The lowest BCUT2D eigenvalue weighted by Crippen LogP contribution is -2.37. The Kier molecular flexibility index (Phi) is 5.71. The Morgan fingerprint density at radius 3 is 2.91 bits per heavy atom. The van der Waals surface area contributed by atoms with Gasteiger partial charge in [0.15, 0.2) is 0 Å². The number of benzene rings is 1. The molecule has 6 heteroatoms. The number of aryl methyl sites for hydroxylation is 1. The smallest absolute Gasteiger partial charge is 0.387 e. The summed E-state index contributed by atoms with van der Waals surface area (Å²) in [7, 11) is 1.81. The minimum Gasteiger partial charge on any atom is -0.435 e. The minimum atomic E-state index is -2.82. The normalized spacial score (nSPS) is 18.7. The highest BCUT2D eigenvalue weighted by molar-refractivity contribution is 5.79. The average molecular weight is 312 g/mol. The van der Waals surface area contributed by atoms with Gasteiger partial charge in [-0.25, -0.2) is 0 Å². The van der Waals surface area contributed by atoms with Crippen molar-refractivity contribution in [2.75, 3.05) is 13.6 Å². The van der Waals surface area contributed by atoms with E-state index in [2.05, 4.69) is 15.4 Å².